The Morgan fingerprint density at radius 2 is 2.26 bits per heavy atom. The molecule has 1 aliphatic heterocycles. The van der Waals surface area contributed by atoms with Crippen molar-refractivity contribution in [2.45, 2.75) is 45.8 Å². The van der Waals surface area contributed by atoms with E-state index in [1.165, 1.54) is 0 Å². The van der Waals surface area contributed by atoms with Crippen LogP contribution in [0.25, 0.3) is 0 Å². The molecule has 0 saturated heterocycles. The number of nitrogens with zero attached hydrogens (tertiary/aromatic N) is 2. The Kier molecular flexibility index (Phi) is 4.43. The first-order valence-corrected chi connectivity index (χ1v) is 7.97. The molecule has 1 aliphatic rings. The number of fused-ring (bicyclic) bond motifs is 1. The molecule has 3 rings (SSSR count). The predicted molar refractivity (Wildman–Crippen MR) is 86.3 cm³/mol. The van der Waals surface area contributed by atoms with Crippen molar-refractivity contribution in [2.24, 2.45) is 0 Å². The van der Waals surface area contributed by atoms with Crippen LogP contribution in [-0.2, 0) is 17.6 Å². The summed E-state index contributed by atoms with van der Waals surface area (Å²) in [5.41, 5.74) is 4.47. The molecule has 2 aromatic rings. The van der Waals surface area contributed by atoms with Gasteiger partial charge in [0.15, 0.2) is 5.69 Å². The van der Waals surface area contributed by atoms with Gasteiger partial charge in [-0.25, -0.2) is 0 Å². The summed E-state index contributed by atoms with van der Waals surface area (Å²) < 4.78 is 5.74. The van der Waals surface area contributed by atoms with Crippen molar-refractivity contribution in [1.29, 1.82) is 0 Å². The number of ether oxygens (including phenoxy) is 1. The van der Waals surface area contributed by atoms with E-state index in [0.717, 1.165) is 22.5 Å². The maximum atomic E-state index is 12.4. The van der Waals surface area contributed by atoms with Gasteiger partial charge in [-0.15, -0.1) is 0 Å². The fourth-order valence-corrected chi connectivity index (χ4v) is 2.90. The minimum Gasteiger partial charge on any atom is -0.369 e. The lowest BCUT2D eigenvalue weighted by Gasteiger charge is -2.25. The lowest BCUT2D eigenvalue weighted by Crippen LogP contribution is -2.29. The third kappa shape index (κ3) is 3.42. The smallest absolute Gasteiger partial charge is 0.272 e. The molecule has 0 fully saturated rings. The van der Waals surface area contributed by atoms with Crippen LogP contribution >= 0.6 is 0 Å². The van der Waals surface area contributed by atoms with Crippen LogP contribution in [-0.4, -0.2) is 33.7 Å². The van der Waals surface area contributed by atoms with Crippen molar-refractivity contribution in [3.05, 3.63) is 46.5 Å². The molecule has 122 valence electrons. The average molecular weight is 314 g/mol. The Hall–Kier alpha value is -2.21. The van der Waals surface area contributed by atoms with Crippen LogP contribution in [0.4, 0.5) is 0 Å². The van der Waals surface area contributed by atoms with E-state index >= 15 is 0 Å². The topological polar surface area (TPSA) is 79.9 Å². The first-order valence-electron chi connectivity index (χ1n) is 7.97. The van der Waals surface area contributed by atoms with Crippen LogP contribution < -0.4 is 5.32 Å². The van der Waals surface area contributed by atoms with Gasteiger partial charge in [0.1, 0.15) is 0 Å². The second kappa shape index (κ2) is 6.50. The van der Waals surface area contributed by atoms with E-state index in [4.69, 9.17) is 4.74 Å². The number of amides is 1. The quantitative estimate of drug-likeness (QED) is 0.906. The predicted octanol–water partition coefficient (Wildman–Crippen LogP) is 2.11. The molecule has 2 atom stereocenters. The number of hydrogen-bond donors (Lipinski definition) is 2. The maximum Gasteiger partial charge on any atom is 0.272 e. The van der Waals surface area contributed by atoms with E-state index in [9.17, 15) is 4.79 Å². The van der Waals surface area contributed by atoms with Gasteiger partial charge in [-0.05, 0) is 32.4 Å². The number of H-pyrrole nitrogens is 1. The van der Waals surface area contributed by atoms with Gasteiger partial charge in [0.2, 0.25) is 0 Å². The van der Waals surface area contributed by atoms with Crippen LogP contribution in [0.2, 0.25) is 0 Å². The Morgan fingerprint density at radius 3 is 3.00 bits per heavy atom. The second-order valence-corrected chi connectivity index (χ2v) is 6.09. The summed E-state index contributed by atoms with van der Waals surface area (Å²) >= 11 is 0. The number of aromatic nitrogens is 3. The van der Waals surface area contributed by atoms with Gasteiger partial charge in [-0.2, -0.15) is 5.10 Å². The first kappa shape index (κ1) is 15.7. The number of aryl methyl sites for hydroxylation is 1. The van der Waals surface area contributed by atoms with Gasteiger partial charge in [0, 0.05) is 36.8 Å². The van der Waals surface area contributed by atoms with Crippen LogP contribution in [0.1, 0.15) is 53.0 Å². The molecule has 0 saturated carbocycles. The lowest BCUT2D eigenvalue weighted by molar-refractivity contribution is -0.00697. The van der Waals surface area contributed by atoms with Crippen LogP contribution in [0.15, 0.2) is 18.3 Å². The number of carbonyl (C=O) groups is 1. The number of rotatable bonds is 4. The standard InChI is InChI=1S/C17H22N4O2/c1-10-4-5-13(19-9-10)6-7-18-17(22)16-14-8-11(2)23-12(3)15(14)20-21-16/h4-5,9,11-12H,6-8H2,1-3H3,(H,18,22)(H,20,21)/t11-,12+/m1/s1. The van der Waals surface area contributed by atoms with Gasteiger partial charge >= 0.3 is 0 Å². The normalized spacial score (nSPS) is 20.1. The van der Waals surface area contributed by atoms with Gasteiger partial charge in [0.05, 0.1) is 17.9 Å². The lowest BCUT2D eigenvalue weighted by atomic mass is 9.99. The number of carbonyl (C=O) groups excluding carboxylic acids is 1. The minimum absolute atomic E-state index is 0.0560. The van der Waals surface area contributed by atoms with Gasteiger partial charge in [-0.1, -0.05) is 6.07 Å². The Balaban J connectivity index is 1.62. The summed E-state index contributed by atoms with van der Waals surface area (Å²) in [6.07, 6.45) is 3.29. The second-order valence-electron chi connectivity index (χ2n) is 6.09. The zero-order valence-corrected chi connectivity index (χ0v) is 13.7. The Labute approximate surface area is 135 Å². The molecule has 6 nitrogen and oxygen atoms in total. The average Bonchev–Trinajstić information content (AvgIpc) is 2.93. The summed E-state index contributed by atoms with van der Waals surface area (Å²) in [6, 6.07) is 4.01. The molecule has 0 bridgehead atoms. The Morgan fingerprint density at radius 1 is 1.43 bits per heavy atom. The highest BCUT2D eigenvalue weighted by molar-refractivity contribution is 5.94. The molecule has 0 aromatic carbocycles. The number of hydrogen-bond acceptors (Lipinski definition) is 4. The molecule has 3 heterocycles. The minimum atomic E-state index is -0.143. The molecule has 2 N–H and O–H groups in total. The molecule has 6 heteroatoms. The van der Waals surface area contributed by atoms with Crippen molar-refractivity contribution in [2.75, 3.05) is 6.54 Å². The van der Waals surface area contributed by atoms with Crippen molar-refractivity contribution in [3.63, 3.8) is 0 Å². The van der Waals surface area contributed by atoms with Gasteiger partial charge in [-0.3, -0.25) is 14.9 Å². The number of nitrogens with one attached hydrogen (secondary N) is 2. The van der Waals surface area contributed by atoms with Crippen molar-refractivity contribution in [1.82, 2.24) is 20.5 Å². The highest BCUT2D eigenvalue weighted by Gasteiger charge is 2.29. The summed E-state index contributed by atoms with van der Waals surface area (Å²) in [4.78, 5) is 16.7. The van der Waals surface area contributed by atoms with E-state index in [1.807, 2.05) is 39.1 Å². The summed E-state index contributed by atoms with van der Waals surface area (Å²) in [6.45, 7) is 6.53. The van der Waals surface area contributed by atoms with Crippen molar-refractivity contribution >= 4 is 5.91 Å². The highest BCUT2D eigenvalue weighted by Crippen LogP contribution is 2.29. The molecule has 1 amide bonds. The fraction of sp³-hybridized carbons (Fsp3) is 0.471. The SMILES string of the molecule is Cc1ccc(CCNC(=O)c2n[nH]c3c2C[C@@H](C)O[C@H]3C)nc1. The highest BCUT2D eigenvalue weighted by atomic mass is 16.5. The first-order chi connectivity index (χ1) is 11.0. The van der Waals surface area contributed by atoms with Gasteiger partial charge < -0.3 is 10.1 Å². The van der Waals surface area contributed by atoms with Crippen molar-refractivity contribution in [3.8, 4) is 0 Å². The van der Waals surface area contributed by atoms with Crippen LogP contribution in [0.3, 0.4) is 0 Å². The van der Waals surface area contributed by atoms with E-state index in [2.05, 4.69) is 20.5 Å². The number of aromatic amines is 1. The molecule has 0 radical (unpaired) electrons. The van der Waals surface area contributed by atoms with E-state index in [0.29, 0.717) is 25.1 Å². The summed E-state index contributed by atoms with van der Waals surface area (Å²) in [5.74, 6) is -0.143. The summed E-state index contributed by atoms with van der Waals surface area (Å²) in [5, 5.41) is 10.1. The monoisotopic (exact) mass is 314 g/mol. The third-order valence-corrected chi connectivity index (χ3v) is 4.09. The van der Waals surface area contributed by atoms with Crippen molar-refractivity contribution < 1.29 is 9.53 Å². The zero-order chi connectivity index (χ0) is 16.4. The number of pyridine rings is 1. The molecule has 0 aliphatic carbocycles. The molecule has 0 unspecified atom stereocenters. The third-order valence-electron chi connectivity index (χ3n) is 4.09. The van der Waals surface area contributed by atoms with Crippen LogP contribution in [0, 0.1) is 6.92 Å². The molecular formula is C17H22N4O2. The zero-order valence-electron chi connectivity index (χ0n) is 13.7. The molecule has 23 heavy (non-hydrogen) atoms. The largest absolute Gasteiger partial charge is 0.369 e. The van der Waals surface area contributed by atoms with E-state index < -0.39 is 0 Å². The maximum absolute atomic E-state index is 12.4. The van der Waals surface area contributed by atoms with E-state index in [1.54, 1.807) is 0 Å². The molecule has 2 aromatic heterocycles. The molecule has 0 spiro atoms. The summed E-state index contributed by atoms with van der Waals surface area (Å²) in [7, 11) is 0. The van der Waals surface area contributed by atoms with E-state index in [-0.39, 0.29) is 18.1 Å². The molecular weight excluding hydrogens is 292 g/mol. The van der Waals surface area contributed by atoms with Crippen LogP contribution in [0.5, 0.6) is 0 Å². The fourth-order valence-electron chi connectivity index (χ4n) is 2.90. The van der Waals surface area contributed by atoms with Gasteiger partial charge in [0.25, 0.3) is 5.91 Å². The Bertz CT molecular complexity index is 693.